The van der Waals surface area contributed by atoms with Crippen molar-refractivity contribution in [1.82, 2.24) is 4.98 Å². The Labute approximate surface area is 113 Å². The van der Waals surface area contributed by atoms with E-state index in [0.717, 1.165) is 0 Å². The first-order chi connectivity index (χ1) is 8.59. The predicted octanol–water partition coefficient (Wildman–Crippen LogP) is 3.78. The van der Waals surface area contributed by atoms with Gasteiger partial charge in [-0.05, 0) is 24.3 Å². The molecule has 0 bridgehead atoms. The lowest BCUT2D eigenvalue weighted by Gasteiger charge is -2.07. The van der Waals surface area contributed by atoms with Gasteiger partial charge in [-0.1, -0.05) is 29.3 Å². The summed E-state index contributed by atoms with van der Waals surface area (Å²) < 4.78 is 13.2. The Bertz CT molecular complexity index is 604. The summed E-state index contributed by atoms with van der Waals surface area (Å²) in [6.07, 6.45) is 1.49. The first-order valence-electron chi connectivity index (χ1n) is 4.95. The third kappa shape index (κ3) is 2.60. The Kier molecular flexibility index (Phi) is 3.79. The fourth-order valence-electron chi connectivity index (χ4n) is 1.35. The maximum atomic E-state index is 13.2. The lowest BCUT2D eigenvalue weighted by molar-refractivity contribution is 0.102. The molecule has 6 heteroatoms. The van der Waals surface area contributed by atoms with E-state index in [0.29, 0.717) is 5.69 Å². The highest BCUT2D eigenvalue weighted by Gasteiger charge is 2.14. The number of nitrogens with zero attached hydrogens (tertiary/aromatic N) is 1. The van der Waals surface area contributed by atoms with Gasteiger partial charge >= 0.3 is 0 Å². The van der Waals surface area contributed by atoms with Crippen LogP contribution in [-0.2, 0) is 0 Å². The second-order valence-electron chi connectivity index (χ2n) is 3.40. The number of benzene rings is 1. The van der Waals surface area contributed by atoms with E-state index >= 15 is 0 Å². The highest BCUT2D eigenvalue weighted by atomic mass is 35.5. The number of hydrogen-bond donors (Lipinski definition) is 1. The highest BCUT2D eigenvalue weighted by molar-refractivity contribution is 6.35. The maximum absolute atomic E-state index is 13.2. The number of halogens is 3. The Morgan fingerprint density at radius 3 is 2.72 bits per heavy atom. The summed E-state index contributed by atoms with van der Waals surface area (Å²) in [6, 6.07) is 7.21. The van der Waals surface area contributed by atoms with Crippen molar-refractivity contribution in [1.29, 1.82) is 0 Å². The fraction of sp³-hybridized carbons (Fsp3) is 0. The average molecular weight is 285 g/mol. The van der Waals surface area contributed by atoms with Crippen LogP contribution in [0.1, 0.15) is 10.4 Å². The molecule has 0 atom stereocenters. The van der Waals surface area contributed by atoms with E-state index in [4.69, 9.17) is 23.2 Å². The van der Waals surface area contributed by atoms with Gasteiger partial charge in [-0.3, -0.25) is 4.79 Å². The Hall–Kier alpha value is -1.65. The van der Waals surface area contributed by atoms with Crippen LogP contribution in [0.5, 0.6) is 0 Å². The molecule has 3 nitrogen and oxygen atoms in total. The van der Waals surface area contributed by atoms with E-state index in [1.165, 1.54) is 24.4 Å². The van der Waals surface area contributed by atoms with Gasteiger partial charge in [0.1, 0.15) is 5.82 Å². The van der Waals surface area contributed by atoms with Crippen LogP contribution >= 0.6 is 23.2 Å². The molecule has 92 valence electrons. The molecule has 1 heterocycles. The zero-order valence-electron chi connectivity index (χ0n) is 8.95. The summed E-state index contributed by atoms with van der Waals surface area (Å²) in [4.78, 5) is 15.7. The van der Waals surface area contributed by atoms with Gasteiger partial charge in [0.15, 0.2) is 5.15 Å². The molecule has 1 amide bonds. The SMILES string of the molecule is O=C(Nc1cccnc1Cl)c1cccc(F)c1Cl. The average Bonchev–Trinajstić information content (AvgIpc) is 2.35. The molecule has 18 heavy (non-hydrogen) atoms. The lowest BCUT2D eigenvalue weighted by atomic mass is 10.2. The zero-order chi connectivity index (χ0) is 13.1. The van der Waals surface area contributed by atoms with Crippen LogP contribution in [-0.4, -0.2) is 10.9 Å². The van der Waals surface area contributed by atoms with Crippen LogP contribution in [0.2, 0.25) is 10.2 Å². The molecule has 0 radical (unpaired) electrons. The quantitative estimate of drug-likeness (QED) is 0.853. The van der Waals surface area contributed by atoms with Gasteiger partial charge in [-0.2, -0.15) is 0 Å². The molecule has 0 saturated heterocycles. The van der Waals surface area contributed by atoms with Crippen LogP contribution in [0.3, 0.4) is 0 Å². The topological polar surface area (TPSA) is 42.0 Å². The Balaban J connectivity index is 2.28. The number of pyridine rings is 1. The van der Waals surface area contributed by atoms with Crippen molar-refractivity contribution in [3.63, 3.8) is 0 Å². The Morgan fingerprint density at radius 2 is 2.00 bits per heavy atom. The largest absolute Gasteiger partial charge is 0.319 e. The molecule has 0 aliphatic rings. The smallest absolute Gasteiger partial charge is 0.257 e. The van der Waals surface area contributed by atoms with Crippen LogP contribution < -0.4 is 5.32 Å². The zero-order valence-corrected chi connectivity index (χ0v) is 10.5. The summed E-state index contributed by atoms with van der Waals surface area (Å²) in [5.74, 6) is -1.20. The van der Waals surface area contributed by atoms with Gasteiger partial charge in [0.25, 0.3) is 5.91 Å². The van der Waals surface area contributed by atoms with Crippen molar-refractivity contribution in [2.24, 2.45) is 0 Å². The molecule has 1 N–H and O–H groups in total. The van der Waals surface area contributed by atoms with Crippen molar-refractivity contribution in [2.45, 2.75) is 0 Å². The number of amides is 1. The molecule has 0 aliphatic heterocycles. The molecule has 2 rings (SSSR count). The number of aromatic nitrogens is 1. The summed E-state index contributed by atoms with van der Waals surface area (Å²) in [7, 11) is 0. The summed E-state index contributed by atoms with van der Waals surface area (Å²) in [5, 5.41) is 2.43. The van der Waals surface area contributed by atoms with Crippen LogP contribution in [0.4, 0.5) is 10.1 Å². The number of rotatable bonds is 2. The van der Waals surface area contributed by atoms with Crippen molar-refractivity contribution < 1.29 is 9.18 Å². The second kappa shape index (κ2) is 5.33. The molecule has 1 aromatic heterocycles. The van der Waals surface area contributed by atoms with Crippen molar-refractivity contribution in [2.75, 3.05) is 5.32 Å². The molecular weight excluding hydrogens is 278 g/mol. The molecule has 0 spiro atoms. The van der Waals surface area contributed by atoms with Crippen molar-refractivity contribution in [3.8, 4) is 0 Å². The number of anilines is 1. The predicted molar refractivity (Wildman–Crippen MR) is 68.6 cm³/mol. The van der Waals surface area contributed by atoms with E-state index in [9.17, 15) is 9.18 Å². The first-order valence-corrected chi connectivity index (χ1v) is 5.71. The molecule has 1 aromatic carbocycles. The normalized spacial score (nSPS) is 10.2. The van der Waals surface area contributed by atoms with Crippen molar-refractivity contribution >= 4 is 34.8 Å². The minimum Gasteiger partial charge on any atom is -0.319 e. The third-order valence-electron chi connectivity index (χ3n) is 2.20. The highest BCUT2D eigenvalue weighted by Crippen LogP contribution is 2.23. The number of carbonyl (C=O) groups is 1. The third-order valence-corrected chi connectivity index (χ3v) is 2.89. The molecule has 2 aromatic rings. The lowest BCUT2D eigenvalue weighted by Crippen LogP contribution is -2.13. The van der Waals surface area contributed by atoms with Gasteiger partial charge in [-0.15, -0.1) is 0 Å². The molecular formula is C12H7Cl2FN2O. The monoisotopic (exact) mass is 284 g/mol. The minimum absolute atomic E-state index is 0.0385. The van der Waals surface area contributed by atoms with E-state index in [-0.39, 0.29) is 15.7 Å². The van der Waals surface area contributed by atoms with Crippen LogP contribution in [0.15, 0.2) is 36.5 Å². The molecule has 0 fully saturated rings. The summed E-state index contributed by atoms with van der Waals surface area (Å²) >= 11 is 11.5. The number of nitrogens with one attached hydrogen (secondary N) is 1. The summed E-state index contributed by atoms with van der Waals surface area (Å²) in [5.41, 5.74) is 0.376. The number of hydrogen-bond acceptors (Lipinski definition) is 2. The standard InChI is InChI=1S/C12H7Cl2FN2O/c13-10-7(3-1-4-8(10)15)12(18)17-9-5-2-6-16-11(9)14/h1-6H,(H,17,18). The first kappa shape index (κ1) is 12.8. The second-order valence-corrected chi connectivity index (χ2v) is 4.13. The van der Waals surface area contributed by atoms with E-state index in [1.54, 1.807) is 12.1 Å². The molecule has 0 unspecified atom stereocenters. The van der Waals surface area contributed by atoms with Gasteiger partial charge in [0.2, 0.25) is 0 Å². The van der Waals surface area contributed by atoms with Gasteiger partial charge in [0.05, 0.1) is 16.3 Å². The minimum atomic E-state index is -0.651. The summed E-state index contributed by atoms with van der Waals surface area (Å²) in [6.45, 7) is 0. The fourth-order valence-corrected chi connectivity index (χ4v) is 1.73. The van der Waals surface area contributed by atoms with Gasteiger partial charge in [-0.25, -0.2) is 9.37 Å². The van der Waals surface area contributed by atoms with Crippen LogP contribution in [0.25, 0.3) is 0 Å². The van der Waals surface area contributed by atoms with E-state index in [2.05, 4.69) is 10.3 Å². The molecule has 0 saturated carbocycles. The van der Waals surface area contributed by atoms with Gasteiger partial charge < -0.3 is 5.32 Å². The Morgan fingerprint density at radius 1 is 1.22 bits per heavy atom. The number of carbonyl (C=O) groups excluding carboxylic acids is 1. The van der Waals surface area contributed by atoms with E-state index in [1.807, 2.05) is 0 Å². The van der Waals surface area contributed by atoms with Gasteiger partial charge in [0, 0.05) is 6.20 Å². The van der Waals surface area contributed by atoms with Crippen molar-refractivity contribution in [3.05, 3.63) is 58.1 Å². The maximum Gasteiger partial charge on any atom is 0.257 e. The van der Waals surface area contributed by atoms with Crippen LogP contribution in [0, 0.1) is 5.82 Å². The van der Waals surface area contributed by atoms with E-state index < -0.39 is 11.7 Å². The molecule has 0 aliphatic carbocycles.